The lowest BCUT2D eigenvalue weighted by Gasteiger charge is -2.33. The van der Waals surface area contributed by atoms with Crippen LogP contribution in [0, 0.1) is 13.8 Å². The van der Waals surface area contributed by atoms with Gasteiger partial charge >= 0.3 is 0 Å². The Kier molecular flexibility index (Phi) is 5.95. The van der Waals surface area contributed by atoms with Gasteiger partial charge in [-0.1, -0.05) is 0 Å². The molecule has 0 aromatic carbocycles. The van der Waals surface area contributed by atoms with Crippen LogP contribution in [0.5, 0.6) is 0 Å². The zero-order valence-electron chi connectivity index (χ0n) is 16.4. The zero-order chi connectivity index (χ0) is 19.4. The number of nitrogens with one attached hydrogen (secondary N) is 1. The van der Waals surface area contributed by atoms with E-state index in [0.717, 1.165) is 43.0 Å². The fourth-order valence-corrected chi connectivity index (χ4v) is 3.39. The second-order valence-corrected chi connectivity index (χ2v) is 7.25. The Morgan fingerprint density at radius 2 is 1.93 bits per heavy atom. The Morgan fingerprint density at radius 3 is 2.63 bits per heavy atom. The molecule has 3 rings (SSSR count). The smallest absolute Gasteiger partial charge is 0.236 e. The predicted octanol–water partition coefficient (Wildman–Crippen LogP) is 1.89. The Bertz CT molecular complexity index is 788. The molecule has 2 aromatic heterocycles. The number of carbonyl (C=O) groups excluding carboxylic acids is 1. The summed E-state index contributed by atoms with van der Waals surface area (Å²) in [4.78, 5) is 33.8. The standard InChI is InChI=1S/C19H27N7O/c1-13-10-14(2)23-19(22-13)24-18-17(20-7-8-21-18)15-6-5-9-26(11-15)12-16(27)25(3)4/h7-8,10,15H,5-6,9,11-12H2,1-4H3,(H,21,22,23,24)/t15-/m0/s1. The topological polar surface area (TPSA) is 87.1 Å². The van der Waals surface area contributed by atoms with Crippen molar-refractivity contribution in [1.29, 1.82) is 0 Å². The Labute approximate surface area is 160 Å². The molecule has 1 fully saturated rings. The zero-order valence-corrected chi connectivity index (χ0v) is 16.4. The third kappa shape index (κ3) is 4.97. The molecule has 0 saturated carbocycles. The number of amides is 1. The van der Waals surface area contributed by atoms with Crippen LogP contribution in [0.4, 0.5) is 11.8 Å². The van der Waals surface area contributed by atoms with Crippen molar-refractivity contribution >= 4 is 17.7 Å². The number of likely N-dealkylation sites (N-methyl/N-ethyl adjacent to an activating group) is 1. The van der Waals surface area contributed by atoms with Crippen molar-refractivity contribution in [3.05, 3.63) is 35.5 Å². The van der Waals surface area contributed by atoms with Crippen molar-refractivity contribution in [2.24, 2.45) is 0 Å². The summed E-state index contributed by atoms with van der Waals surface area (Å²) >= 11 is 0. The number of carbonyl (C=O) groups is 1. The van der Waals surface area contributed by atoms with Crippen molar-refractivity contribution < 1.29 is 4.79 Å². The van der Waals surface area contributed by atoms with Gasteiger partial charge in [-0.15, -0.1) is 0 Å². The largest absolute Gasteiger partial charge is 0.348 e. The number of hydrogen-bond acceptors (Lipinski definition) is 7. The molecule has 27 heavy (non-hydrogen) atoms. The molecule has 1 aliphatic rings. The van der Waals surface area contributed by atoms with Crippen LogP contribution in [0.25, 0.3) is 0 Å². The van der Waals surface area contributed by atoms with E-state index in [1.807, 2.05) is 19.9 Å². The van der Waals surface area contributed by atoms with Gasteiger partial charge in [0.25, 0.3) is 0 Å². The predicted molar refractivity (Wildman–Crippen MR) is 104 cm³/mol. The highest BCUT2D eigenvalue weighted by Crippen LogP contribution is 2.30. The van der Waals surface area contributed by atoms with Gasteiger partial charge in [0, 0.05) is 50.3 Å². The van der Waals surface area contributed by atoms with E-state index in [1.54, 1.807) is 31.4 Å². The first-order valence-electron chi connectivity index (χ1n) is 9.25. The fourth-order valence-electron chi connectivity index (χ4n) is 3.39. The summed E-state index contributed by atoms with van der Waals surface area (Å²) in [5.41, 5.74) is 2.71. The van der Waals surface area contributed by atoms with Crippen molar-refractivity contribution in [1.82, 2.24) is 29.7 Å². The van der Waals surface area contributed by atoms with Gasteiger partial charge in [-0.25, -0.2) is 15.0 Å². The molecule has 8 heteroatoms. The molecular formula is C19H27N7O. The SMILES string of the molecule is Cc1cc(C)nc(Nc2nccnc2[C@H]2CCCN(CC(=O)N(C)C)C2)n1. The van der Waals surface area contributed by atoms with Crippen LogP contribution in [0.15, 0.2) is 18.5 Å². The van der Waals surface area contributed by atoms with E-state index in [0.29, 0.717) is 18.3 Å². The molecule has 1 N–H and O–H groups in total. The number of hydrogen-bond donors (Lipinski definition) is 1. The second-order valence-electron chi connectivity index (χ2n) is 7.25. The molecule has 8 nitrogen and oxygen atoms in total. The first kappa shape index (κ1) is 19.2. The van der Waals surface area contributed by atoms with E-state index >= 15 is 0 Å². The molecule has 0 radical (unpaired) electrons. The Morgan fingerprint density at radius 1 is 1.22 bits per heavy atom. The van der Waals surface area contributed by atoms with Gasteiger partial charge in [-0.3, -0.25) is 14.7 Å². The summed E-state index contributed by atoms with van der Waals surface area (Å²) in [7, 11) is 3.58. The van der Waals surface area contributed by atoms with Crippen molar-refractivity contribution in [2.75, 3.05) is 39.0 Å². The molecule has 0 spiro atoms. The summed E-state index contributed by atoms with van der Waals surface area (Å²) in [6.45, 7) is 6.04. The van der Waals surface area contributed by atoms with Crippen LogP contribution >= 0.6 is 0 Å². The summed E-state index contributed by atoms with van der Waals surface area (Å²) in [5, 5.41) is 3.24. The summed E-state index contributed by atoms with van der Waals surface area (Å²) in [5.74, 6) is 1.56. The minimum Gasteiger partial charge on any atom is -0.348 e. The number of likely N-dealkylation sites (tertiary alicyclic amines) is 1. The lowest BCUT2D eigenvalue weighted by molar-refractivity contribution is -0.130. The van der Waals surface area contributed by atoms with Crippen LogP contribution in [-0.2, 0) is 4.79 Å². The van der Waals surface area contributed by atoms with Gasteiger partial charge in [0.2, 0.25) is 11.9 Å². The third-order valence-corrected chi connectivity index (χ3v) is 4.69. The van der Waals surface area contributed by atoms with Crippen LogP contribution < -0.4 is 5.32 Å². The molecule has 1 atom stereocenters. The Hall–Kier alpha value is -2.61. The lowest BCUT2D eigenvalue weighted by atomic mass is 9.94. The van der Waals surface area contributed by atoms with Crippen molar-refractivity contribution in [3.8, 4) is 0 Å². The highest BCUT2D eigenvalue weighted by molar-refractivity contribution is 5.77. The average molecular weight is 369 g/mol. The molecule has 1 aliphatic heterocycles. The van der Waals surface area contributed by atoms with E-state index < -0.39 is 0 Å². The number of rotatable bonds is 5. The summed E-state index contributed by atoms with van der Waals surface area (Å²) < 4.78 is 0. The van der Waals surface area contributed by atoms with Gasteiger partial charge in [0.1, 0.15) is 0 Å². The van der Waals surface area contributed by atoms with E-state index in [2.05, 4.69) is 30.2 Å². The maximum Gasteiger partial charge on any atom is 0.236 e. The first-order chi connectivity index (χ1) is 12.9. The van der Waals surface area contributed by atoms with E-state index in [9.17, 15) is 4.79 Å². The van der Waals surface area contributed by atoms with E-state index in [4.69, 9.17) is 0 Å². The van der Waals surface area contributed by atoms with E-state index in [1.165, 1.54) is 0 Å². The summed E-state index contributed by atoms with van der Waals surface area (Å²) in [6.07, 6.45) is 5.44. The monoisotopic (exact) mass is 369 g/mol. The van der Waals surface area contributed by atoms with Gasteiger partial charge in [-0.2, -0.15) is 0 Å². The first-order valence-corrected chi connectivity index (χ1v) is 9.25. The molecule has 0 unspecified atom stereocenters. The van der Waals surface area contributed by atoms with Crippen molar-refractivity contribution in [3.63, 3.8) is 0 Å². The average Bonchev–Trinajstić information content (AvgIpc) is 2.61. The highest BCUT2D eigenvalue weighted by Gasteiger charge is 2.26. The number of aromatic nitrogens is 4. The molecule has 0 aliphatic carbocycles. The molecular weight excluding hydrogens is 342 g/mol. The van der Waals surface area contributed by atoms with Crippen LogP contribution in [-0.4, -0.2) is 69.4 Å². The van der Waals surface area contributed by atoms with Gasteiger partial charge in [0.15, 0.2) is 5.82 Å². The minimum atomic E-state index is 0.122. The maximum atomic E-state index is 12.1. The van der Waals surface area contributed by atoms with E-state index in [-0.39, 0.29) is 11.8 Å². The fraction of sp³-hybridized carbons (Fsp3) is 0.526. The number of aryl methyl sites for hydroxylation is 2. The second kappa shape index (κ2) is 8.39. The van der Waals surface area contributed by atoms with Crippen LogP contribution in [0.3, 0.4) is 0 Å². The highest BCUT2D eigenvalue weighted by atomic mass is 16.2. The van der Waals surface area contributed by atoms with Gasteiger partial charge < -0.3 is 10.2 Å². The van der Waals surface area contributed by atoms with Crippen LogP contribution in [0.2, 0.25) is 0 Å². The summed E-state index contributed by atoms with van der Waals surface area (Å²) in [6, 6.07) is 1.93. The lowest BCUT2D eigenvalue weighted by Crippen LogP contribution is -2.41. The minimum absolute atomic E-state index is 0.122. The molecule has 144 valence electrons. The maximum absolute atomic E-state index is 12.1. The van der Waals surface area contributed by atoms with Gasteiger partial charge in [-0.05, 0) is 39.3 Å². The molecule has 0 bridgehead atoms. The molecule has 3 heterocycles. The number of nitrogens with zero attached hydrogens (tertiary/aromatic N) is 6. The molecule has 1 amide bonds. The molecule has 1 saturated heterocycles. The van der Waals surface area contributed by atoms with Crippen molar-refractivity contribution in [2.45, 2.75) is 32.6 Å². The molecule has 2 aromatic rings. The normalized spacial score (nSPS) is 17.6. The van der Waals surface area contributed by atoms with Crippen LogP contribution in [0.1, 0.15) is 35.8 Å². The third-order valence-electron chi connectivity index (χ3n) is 4.69. The quantitative estimate of drug-likeness (QED) is 0.861. The number of anilines is 2. The van der Waals surface area contributed by atoms with Gasteiger partial charge in [0.05, 0.1) is 12.2 Å². The Balaban J connectivity index is 1.77. The number of piperidine rings is 1.